The summed E-state index contributed by atoms with van der Waals surface area (Å²) in [5.74, 6) is 0. The third-order valence-electron chi connectivity index (χ3n) is 3.22. The Kier molecular flexibility index (Phi) is 3.97. The first kappa shape index (κ1) is 13.4. The Morgan fingerprint density at radius 2 is 1.90 bits per heavy atom. The number of rotatable bonds is 5. The number of benzene rings is 1. The second kappa shape index (κ2) is 6.23. The van der Waals surface area contributed by atoms with Crippen molar-refractivity contribution < 1.29 is 0 Å². The third kappa shape index (κ3) is 2.80. The van der Waals surface area contributed by atoms with Crippen LogP contribution in [-0.2, 0) is 0 Å². The van der Waals surface area contributed by atoms with Gasteiger partial charge in [-0.2, -0.15) is 10.2 Å². The van der Waals surface area contributed by atoms with E-state index in [1.807, 2.05) is 41.1 Å². The fourth-order valence-corrected chi connectivity index (χ4v) is 2.28. The average Bonchev–Trinajstić information content (AvgIpc) is 3.03. The molecule has 0 radical (unpaired) electrons. The number of nitrogens with zero attached hydrogens (tertiary/aromatic N) is 5. The zero-order valence-electron chi connectivity index (χ0n) is 11.7. The highest BCUT2D eigenvalue weighted by Gasteiger charge is 2.19. The van der Waals surface area contributed by atoms with Gasteiger partial charge in [0, 0.05) is 6.20 Å². The maximum atomic E-state index is 4.21. The molecular weight excluding hydrogens is 264 g/mol. The maximum absolute atomic E-state index is 4.21. The summed E-state index contributed by atoms with van der Waals surface area (Å²) in [5.41, 5.74) is 2.98. The summed E-state index contributed by atoms with van der Waals surface area (Å²) in [7, 11) is 0. The van der Waals surface area contributed by atoms with Crippen LogP contribution in [0.5, 0.6) is 0 Å². The first-order valence-electron chi connectivity index (χ1n) is 6.86. The van der Waals surface area contributed by atoms with Gasteiger partial charge >= 0.3 is 0 Å². The van der Waals surface area contributed by atoms with Crippen molar-refractivity contribution >= 4 is 0 Å². The molecular formula is C15H16N6. The van der Waals surface area contributed by atoms with Crippen LogP contribution in [0.2, 0.25) is 0 Å². The Labute approximate surface area is 122 Å². The van der Waals surface area contributed by atoms with E-state index in [-0.39, 0.29) is 6.04 Å². The summed E-state index contributed by atoms with van der Waals surface area (Å²) >= 11 is 0. The smallest absolute Gasteiger partial charge is 0.0861 e. The molecule has 0 spiro atoms. The minimum absolute atomic E-state index is 0.0271. The highest BCUT2D eigenvalue weighted by Crippen LogP contribution is 2.22. The zero-order valence-corrected chi connectivity index (χ0v) is 11.7. The van der Waals surface area contributed by atoms with Crippen LogP contribution < -0.4 is 5.32 Å². The second-order valence-electron chi connectivity index (χ2n) is 4.57. The molecule has 3 aromatic rings. The quantitative estimate of drug-likeness (QED) is 0.771. The predicted octanol–water partition coefficient (Wildman–Crippen LogP) is 1.76. The largest absolute Gasteiger partial charge is 0.305 e. The lowest BCUT2D eigenvalue weighted by atomic mass is 10.1. The standard InChI is InChI=1S/C15H16N6/c1-2-16-15(12-8-9-17-18-10-12)14-11-19-20-21(14)13-6-4-3-5-7-13/h3-11,15-16H,2H2,1H3. The van der Waals surface area contributed by atoms with Crippen LogP contribution in [0.4, 0.5) is 0 Å². The van der Waals surface area contributed by atoms with E-state index < -0.39 is 0 Å². The fourth-order valence-electron chi connectivity index (χ4n) is 2.28. The van der Waals surface area contributed by atoms with Crippen LogP contribution in [0.25, 0.3) is 5.69 Å². The molecule has 0 fully saturated rings. The van der Waals surface area contributed by atoms with E-state index in [1.54, 1.807) is 18.6 Å². The summed E-state index contributed by atoms with van der Waals surface area (Å²) in [6.07, 6.45) is 5.23. The Morgan fingerprint density at radius 1 is 1.05 bits per heavy atom. The summed E-state index contributed by atoms with van der Waals surface area (Å²) < 4.78 is 1.84. The van der Waals surface area contributed by atoms with Gasteiger partial charge in [-0.05, 0) is 30.3 Å². The van der Waals surface area contributed by atoms with Gasteiger partial charge in [0.15, 0.2) is 0 Å². The molecule has 106 valence electrons. The molecule has 2 aromatic heterocycles. The van der Waals surface area contributed by atoms with Crippen LogP contribution >= 0.6 is 0 Å². The number of nitrogens with one attached hydrogen (secondary N) is 1. The molecule has 1 unspecified atom stereocenters. The van der Waals surface area contributed by atoms with E-state index >= 15 is 0 Å². The van der Waals surface area contributed by atoms with Gasteiger partial charge in [0.25, 0.3) is 0 Å². The molecule has 0 aliphatic rings. The van der Waals surface area contributed by atoms with Crippen molar-refractivity contribution in [2.45, 2.75) is 13.0 Å². The van der Waals surface area contributed by atoms with Crippen LogP contribution in [0.1, 0.15) is 24.2 Å². The number of para-hydroxylation sites is 1. The normalized spacial score (nSPS) is 12.2. The molecule has 0 aliphatic carbocycles. The van der Waals surface area contributed by atoms with Crippen LogP contribution in [0.3, 0.4) is 0 Å². The summed E-state index contributed by atoms with van der Waals surface area (Å²) in [5, 5.41) is 19.5. The van der Waals surface area contributed by atoms with E-state index in [0.29, 0.717) is 0 Å². The molecule has 0 bridgehead atoms. The zero-order chi connectivity index (χ0) is 14.5. The fraction of sp³-hybridized carbons (Fsp3) is 0.200. The van der Waals surface area contributed by atoms with Crippen LogP contribution in [0, 0.1) is 0 Å². The molecule has 0 saturated carbocycles. The van der Waals surface area contributed by atoms with Crippen molar-refractivity contribution in [1.82, 2.24) is 30.5 Å². The van der Waals surface area contributed by atoms with E-state index in [2.05, 4.69) is 32.7 Å². The Bertz CT molecular complexity index is 680. The van der Waals surface area contributed by atoms with Crippen molar-refractivity contribution in [2.75, 3.05) is 6.54 Å². The molecule has 6 heteroatoms. The Morgan fingerprint density at radius 3 is 2.62 bits per heavy atom. The van der Waals surface area contributed by atoms with E-state index in [9.17, 15) is 0 Å². The highest BCUT2D eigenvalue weighted by atomic mass is 15.4. The second-order valence-corrected chi connectivity index (χ2v) is 4.57. The molecule has 1 aromatic carbocycles. The number of hydrogen-bond donors (Lipinski definition) is 1. The first-order valence-corrected chi connectivity index (χ1v) is 6.86. The maximum Gasteiger partial charge on any atom is 0.0861 e. The minimum Gasteiger partial charge on any atom is -0.305 e. The molecule has 1 N–H and O–H groups in total. The minimum atomic E-state index is -0.0271. The van der Waals surface area contributed by atoms with Gasteiger partial charge in [-0.3, -0.25) is 0 Å². The van der Waals surface area contributed by atoms with Crippen molar-refractivity contribution in [3.05, 3.63) is 66.2 Å². The molecule has 6 nitrogen and oxygen atoms in total. The third-order valence-corrected chi connectivity index (χ3v) is 3.22. The molecule has 1 atom stereocenters. The lowest BCUT2D eigenvalue weighted by Crippen LogP contribution is -2.24. The van der Waals surface area contributed by atoms with Crippen molar-refractivity contribution in [2.24, 2.45) is 0 Å². The SMILES string of the molecule is CCNC(c1ccnnc1)c1cnnn1-c1ccccc1. The summed E-state index contributed by atoms with van der Waals surface area (Å²) in [6.45, 7) is 2.89. The molecule has 0 saturated heterocycles. The monoisotopic (exact) mass is 280 g/mol. The van der Waals surface area contributed by atoms with Gasteiger partial charge in [-0.1, -0.05) is 30.3 Å². The Hall–Kier alpha value is -2.60. The number of hydrogen-bond acceptors (Lipinski definition) is 5. The van der Waals surface area contributed by atoms with Gasteiger partial charge in [0.2, 0.25) is 0 Å². The summed E-state index contributed by atoms with van der Waals surface area (Å²) in [4.78, 5) is 0. The molecule has 3 rings (SSSR count). The Balaban J connectivity index is 2.04. The van der Waals surface area contributed by atoms with Gasteiger partial charge in [0.05, 0.1) is 29.8 Å². The van der Waals surface area contributed by atoms with Crippen LogP contribution in [-0.4, -0.2) is 31.7 Å². The van der Waals surface area contributed by atoms with Crippen molar-refractivity contribution in [3.8, 4) is 5.69 Å². The van der Waals surface area contributed by atoms with Gasteiger partial charge in [-0.25, -0.2) is 4.68 Å². The highest BCUT2D eigenvalue weighted by molar-refractivity contribution is 5.34. The predicted molar refractivity (Wildman–Crippen MR) is 78.9 cm³/mol. The molecule has 0 aliphatic heterocycles. The van der Waals surface area contributed by atoms with E-state index in [4.69, 9.17) is 0 Å². The van der Waals surface area contributed by atoms with Crippen LogP contribution in [0.15, 0.2) is 55.0 Å². The average molecular weight is 280 g/mol. The van der Waals surface area contributed by atoms with E-state index in [1.165, 1.54) is 0 Å². The van der Waals surface area contributed by atoms with Crippen molar-refractivity contribution in [1.29, 1.82) is 0 Å². The van der Waals surface area contributed by atoms with Gasteiger partial charge in [-0.15, -0.1) is 5.10 Å². The summed E-state index contributed by atoms with van der Waals surface area (Å²) in [6, 6.07) is 11.9. The number of aromatic nitrogens is 5. The lowest BCUT2D eigenvalue weighted by Gasteiger charge is -2.18. The van der Waals surface area contributed by atoms with Crippen molar-refractivity contribution in [3.63, 3.8) is 0 Å². The molecule has 2 heterocycles. The van der Waals surface area contributed by atoms with E-state index in [0.717, 1.165) is 23.5 Å². The topological polar surface area (TPSA) is 68.5 Å². The lowest BCUT2D eigenvalue weighted by molar-refractivity contribution is 0.589. The molecule has 21 heavy (non-hydrogen) atoms. The molecule has 0 amide bonds. The van der Waals surface area contributed by atoms with Gasteiger partial charge < -0.3 is 5.32 Å². The first-order chi connectivity index (χ1) is 10.4. The van der Waals surface area contributed by atoms with Gasteiger partial charge in [0.1, 0.15) is 0 Å².